The lowest BCUT2D eigenvalue weighted by Gasteiger charge is -2.11. The van der Waals surface area contributed by atoms with Crippen molar-refractivity contribution in [2.45, 2.75) is 11.8 Å². The van der Waals surface area contributed by atoms with Gasteiger partial charge in [-0.15, -0.1) is 11.8 Å². The molecule has 0 aliphatic heterocycles. The zero-order chi connectivity index (χ0) is 15.5. The van der Waals surface area contributed by atoms with Crippen LogP contribution in [-0.2, 0) is 0 Å². The van der Waals surface area contributed by atoms with Gasteiger partial charge in [-0.3, -0.25) is 0 Å². The van der Waals surface area contributed by atoms with E-state index in [1.807, 2.05) is 36.4 Å². The molecule has 0 unspecified atom stereocenters. The van der Waals surface area contributed by atoms with Crippen LogP contribution < -0.4 is 5.63 Å². The fourth-order valence-corrected chi connectivity index (χ4v) is 3.08. The van der Waals surface area contributed by atoms with Crippen molar-refractivity contribution in [3.05, 3.63) is 76.8 Å². The highest BCUT2D eigenvalue weighted by molar-refractivity contribution is 7.98. The molecular weight excluding hydrogens is 292 g/mol. The van der Waals surface area contributed by atoms with Crippen molar-refractivity contribution >= 4 is 11.8 Å². The zero-order valence-corrected chi connectivity index (χ0v) is 13.3. The molecule has 0 saturated heterocycles. The van der Waals surface area contributed by atoms with E-state index in [2.05, 4.69) is 31.4 Å². The second kappa shape index (κ2) is 6.24. The number of hydrogen-bond acceptors (Lipinski definition) is 3. The summed E-state index contributed by atoms with van der Waals surface area (Å²) in [6.07, 6.45) is 3.52. The minimum absolute atomic E-state index is 0.308. The molecule has 2 nitrogen and oxygen atoms in total. The average Bonchev–Trinajstić information content (AvgIpc) is 2.55. The van der Waals surface area contributed by atoms with Crippen LogP contribution in [0.1, 0.15) is 5.56 Å². The number of thioether (sulfide) groups is 1. The van der Waals surface area contributed by atoms with Crippen molar-refractivity contribution in [2.24, 2.45) is 0 Å². The fraction of sp³-hybridized carbons (Fsp3) is 0.105. The summed E-state index contributed by atoms with van der Waals surface area (Å²) in [6, 6.07) is 17.8. The Hall–Kier alpha value is -2.26. The first kappa shape index (κ1) is 14.7. The van der Waals surface area contributed by atoms with E-state index in [0.717, 1.165) is 22.3 Å². The Kier molecular flexibility index (Phi) is 4.16. The van der Waals surface area contributed by atoms with Crippen LogP contribution in [0.5, 0.6) is 0 Å². The molecule has 0 bridgehead atoms. The van der Waals surface area contributed by atoms with Gasteiger partial charge in [0.05, 0.1) is 11.8 Å². The highest BCUT2D eigenvalue weighted by Crippen LogP contribution is 2.33. The molecule has 0 saturated carbocycles. The molecular formula is C19H16O2S. The Morgan fingerprint density at radius 3 is 2.41 bits per heavy atom. The Morgan fingerprint density at radius 2 is 1.73 bits per heavy atom. The van der Waals surface area contributed by atoms with Crippen LogP contribution in [0, 0.1) is 6.92 Å². The van der Waals surface area contributed by atoms with Crippen LogP contribution in [0.2, 0.25) is 0 Å². The first-order valence-electron chi connectivity index (χ1n) is 7.03. The molecule has 0 N–H and O–H groups in total. The van der Waals surface area contributed by atoms with Gasteiger partial charge in [-0.1, -0.05) is 36.4 Å². The molecule has 0 aliphatic carbocycles. The van der Waals surface area contributed by atoms with Crippen molar-refractivity contribution < 1.29 is 4.42 Å². The first-order valence-corrected chi connectivity index (χ1v) is 8.25. The normalized spacial score (nSPS) is 10.6. The highest BCUT2D eigenvalue weighted by Gasteiger charge is 2.14. The van der Waals surface area contributed by atoms with Gasteiger partial charge in [0, 0.05) is 10.5 Å². The second-order valence-corrected chi connectivity index (χ2v) is 5.92. The lowest BCUT2D eigenvalue weighted by atomic mass is 9.94. The van der Waals surface area contributed by atoms with Gasteiger partial charge >= 0.3 is 5.63 Å². The van der Waals surface area contributed by atoms with Gasteiger partial charge in [0.1, 0.15) is 0 Å². The van der Waals surface area contributed by atoms with Crippen LogP contribution in [0.25, 0.3) is 22.3 Å². The Bertz CT molecular complexity index is 851. The lowest BCUT2D eigenvalue weighted by molar-refractivity contribution is 0.514. The van der Waals surface area contributed by atoms with Gasteiger partial charge in [-0.25, -0.2) is 4.79 Å². The van der Waals surface area contributed by atoms with E-state index in [1.165, 1.54) is 11.2 Å². The molecule has 22 heavy (non-hydrogen) atoms. The number of hydrogen-bond donors (Lipinski definition) is 0. The monoisotopic (exact) mass is 308 g/mol. The van der Waals surface area contributed by atoms with Gasteiger partial charge in [-0.05, 0) is 48.1 Å². The number of benzene rings is 2. The molecule has 3 rings (SSSR count). The summed E-state index contributed by atoms with van der Waals surface area (Å²) in [5.74, 6) is 0. The molecule has 0 fully saturated rings. The maximum absolute atomic E-state index is 12.3. The molecule has 0 aliphatic rings. The molecule has 1 aromatic heterocycles. The third-order valence-electron chi connectivity index (χ3n) is 3.67. The maximum Gasteiger partial charge on any atom is 0.344 e. The first-order chi connectivity index (χ1) is 10.7. The molecule has 0 radical (unpaired) electrons. The molecule has 2 aromatic carbocycles. The Morgan fingerprint density at radius 1 is 0.955 bits per heavy atom. The summed E-state index contributed by atoms with van der Waals surface area (Å²) in [5.41, 5.74) is 4.30. The topological polar surface area (TPSA) is 30.2 Å². The molecule has 3 heteroatoms. The SMILES string of the molecule is CSc1ccc(-c2ccoc(=O)c2-c2ccccc2)c(C)c1. The standard InChI is InChI=1S/C19H16O2S/c1-13-12-15(22-2)8-9-16(13)17-10-11-21-19(20)18(17)14-6-4-3-5-7-14/h3-12H,1-2H3. The summed E-state index contributed by atoms with van der Waals surface area (Å²) in [7, 11) is 0. The largest absolute Gasteiger partial charge is 0.431 e. The second-order valence-electron chi connectivity index (χ2n) is 5.04. The molecule has 0 spiro atoms. The molecule has 0 amide bonds. The smallest absolute Gasteiger partial charge is 0.344 e. The van der Waals surface area contributed by atoms with E-state index in [0.29, 0.717) is 5.56 Å². The summed E-state index contributed by atoms with van der Waals surface area (Å²) in [6.45, 7) is 2.07. The van der Waals surface area contributed by atoms with Crippen molar-refractivity contribution in [1.29, 1.82) is 0 Å². The van der Waals surface area contributed by atoms with E-state index >= 15 is 0 Å². The predicted octanol–water partition coefficient (Wildman–Crippen LogP) is 5.00. The minimum Gasteiger partial charge on any atom is -0.431 e. The van der Waals surface area contributed by atoms with Gasteiger partial charge in [-0.2, -0.15) is 0 Å². The Labute approximate surface area is 133 Å². The summed E-state index contributed by atoms with van der Waals surface area (Å²) in [4.78, 5) is 13.5. The van der Waals surface area contributed by atoms with Crippen molar-refractivity contribution in [3.63, 3.8) is 0 Å². The third kappa shape index (κ3) is 2.72. The van der Waals surface area contributed by atoms with Crippen molar-refractivity contribution in [1.82, 2.24) is 0 Å². The molecule has 3 aromatic rings. The number of aryl methyl sites for hydroxylation is 1. The van der Waals surface area contributed by atoms with E-state index in [1.54, 1.807) is 11.8 Å². The summed E-state index contributed by atoms with van der Waals surface area (Å²) in [5, 5.41) is 0. The molecule has 0 atom stereocenters. The van der Waals surface area contributed by atoms with Gasteiger partial charge < -0.3 is 4.42 Å². The minimum atomic E-state index is -0.308. The van der Waals surface area contributed by atoms with Crippen molar-refractivity contribution in [2.75, 3.05) is 6.26 Å². The van der Waals surface area contributed by atoms with E-state index in [4.69, 9.17) is 4.42 Å². The van der Waals surface area contributed by atoms with Gasteiger partial charge in [0.2, 0.25) is 0 Å². The molecule has 1 heterocycles. The van der Waals surface area contributed by atoms with E-state index in [9.17, 15) is 4.79 Å². The lowest BCUT2D eigenvalue weighted by Crippen LogP contribution is -2.04. The van der Waals surface area contributed by atoms with Crippen molar-refractivity contribution in [3.8, 4) is 22.3 Å². The molecule has 110 valence electrons. The summed E-state index contributed by atoms with van der Waals surface area (Å²) >= 11 is 1.71. The van der Waals surface area contributed by atoms with Gasteiger partial charge in [0.15, 0.2) is 0 Å². The average molecular weight is 308 g/mol. The Balaban J connectivity index is 2.25. The van der Waals surface area contributed by atoms with Gasteiger partial charge in [0.25, 0.3) is 0 Å². The van der Waals surface area contributed by atoms with E-state index < -0.39 is 0 Å². The van der Waals surface area contributed by atoms with Crippen LogP contribution >= 0.6 is 11.8 Å². The summed E-state index contributed by atoms with van der Waals surface area (Å²) < 4.78 is 5.10. The zero-order valence-electron chi connectivity index (χ0n) is 12.5. The quantitative estimate of drug-likeness (QED) is 0.638. The van der Waals surface area contributed by atoms with Crippen LogP contribution in [0.3, 0.4) is 0 Å². The van der Waals surface area contributed by atoms with Crippen LogP contribution in [0.15, 0.2) is 75.0 Å². The predicted molar refractivity (Wildman–Crippen MR) is 92.4 cm³/mol. The highest BCUT2D eigenvalue weighted by atomic mass is 32.2. The van der Waals surface area contributed by atoms with E-state index in [-0.39, 0.29) is 5.63 Å². The van der Waals surface area contributed by atoms with Crippen LogP contribution in [0.4, 0.5) is 0 Å². The fourth-order valence-electron chi connectivity index (χ4n) is 2.58. The third-order valence-corrected chi connectivity index (χ3v) is 4.39. The number of rotatable bonds is 3. The van der Waals surface area contributed by atoms with Crippen LogP contribution in [-0.4, -0.2) is 6.26 Å². The maximum atomic E-state index is 12.3.